The van der Waals surface area contributed by atoms with E-state index in [1.54, 1.807) is 6.20 Å². The molecule has 0 saturated carbocycles. The van der Waals surface area contributed by atoms with Crippen molar-refractivity contribution in [2.45, 2.75) is 32.9 Å². The van der Waals surface area contributed by atoms with Gasteiger partial charge in [0.2, 0.25) is 5.91 Å². The van der Waals surface area contributed by atoms with E-state index >= 15 is 0 Å². The van der Waals surface area contributed by atoms with Crippen LogP contribution in [0.15, 0.2) is 42.7 Å². The first-order valence-electron chi connectivity index (χ1n) is 7.04. The van der Waals surface area contributed by atoms with E-state index in [0.717, 1.165) is 0 Å². The van der Waals surface area contributed by atoms with E-state index in [-0.39, 0.29) is 18.0 Å². The maximum atomic E-state index is 11.8. The molecule has 0 radical (unpaired) electrons. The second kappa shape index (κ2) is 6.54. The lowest BCUT2D eigenvalue weighted by atomic mass is 10.1. The van der Waals surface area contributed by atoms with Gasteiger partial charge in [-0.3, -0.25) is 9.48 Å². The molecule has 1 aromatic heterocycles. The fourth-order valence-electron chi connectivity index (χ4n) is 1.84. The molecular formula is C16H22N4O. The van der Waals surface area contributed by atoms with E-state index in [1.165, 1.54) is 5.56 Å². The Balaban J connectivity index is 1.87. The SMILES string of the molecule is CC(C)(C)NCC(=O)Nc1cnn(Cc2ccccc2)c1. The largest absolute Gasteiger partial charge is 0.322 e. The molecule has 0 fully saturated rings. The van der Waals surface area contributed by atoms with Crippen LogP contribution in [0.3, 0.4) is 0 Å². The Kier molecular flexibility index (Phi) is 4.75. The number of anilines is 1. The summed E-state index contributed by atoms with van der Waals surface area (Å²) in [5.41, 5.74) is 1.81. The third-order valence-electron chi connectivity index (χ3n) is 2.88. The molecule has 0 spiro atoms. The number of amides is 1. The number of carbonyl (C=O) groups is 1. The molecule has 0 bridgehead atoms. The Morgan fingerprint density at radius 2 is 1.95 bits per heavy atom. The predicted molar refractivity (Wildman–Crippen MR) is 84.2 cm³/mol. The smallest absolute Gasteiger partial charge is 0.238 e. The number of nitrogens with zero attached hydrogens (tertiary/aromatic N) is 2. The van der Waals surface area contributed by atoms with Crippen molar-refractivity contribution in [2.24, 2.45) is 0 Å². The number of benzene rings is 1. The highest BCUT2D eigenvalue weighted by atomic mass is 16.1. The first-order chi connectivity index (χ1) is 9.92. The number of carbonyl (C=O) groups excluding carboxylic acids is 1. The molecule has 1 heterocycles. The second-order valence-electron chi connectivity index (χ2n) is 6.06. The monoisotopic (exact) mass is 286 g/mol. The van der Waals surface area contributed by atoms with E-state index in [0.29, 0.717) is 12.2 Å². The molecular weight excluding hydrogens is 264 g/mol. The summed E-state index contributed by atoms with van der Waals surface area (Å²) in [6, 6.07) is 10.1. The van der Waals surface area contributed by atoms with Crippen LogP contribution in [0.5, 0.6) is 0 Å². The number of nitrogens with one attached hydrogen (secondary N) is 2. The van der Waals surface area contributed by atoms with Crippen molar-refractivity contribution in [2.75, 3.05) is 11.9 Å². The van der Waals surface area contributed by atoms with Gasteiger partial charge in [-0.15, -0.1) is 0 Å². The van der Waals surface area contributed by atoms with Gasteiger partial charge in [-0.05, 0) is 26.3 Å². The standard InChI is InChI=1S/C16H22N4O/c1-16(2,3)17-10-15(21)19-14-9-18-20(12-14)11-13-7-5-4-6-8-13/h4-9,12,17H,10-11H2,1-3H3,(H,19,21). The highest BCUT2D eigenvalue weighted by Gasteiger charge is 2.11. The molecule has 21 heavy (non-hydrogen) atoms. The van der Waals surface area contributed by atoms with Crippen molar-refractivity contribution in [1.29, 1.82) is 0 Å². The lowest BCUT2D eigenvalue weighted by molar-refractivity contribution is -0.115. The van der Waals surface area contributed by atoms with Gasteiger partial charge in [-0.1, -0.05) is 30.3 Å². The summed E-state index contributed by atoms with van der Waals surface area (Å²) in [4.78, 5) is 11.8. The van der Waals surface area contributed by atoms with Crippen molar-refractivity contribution in [1.82, 2.24) is 15.1 Å². The molecule has 112 valence electrons. The van der Waals surface area contributed by atoms with Gasteiger partial charge in [0.1, 0.15) is 0 Å². The Morgan fingerprint density at radius 1 is 1.24 bits per heavy atom. The van der Waals surface area contributed by atoms with Crippen molar-refractivity contribution < 1.29 is 4.79 Å². The molecule has 1 amide bonds. The van der Waals surface area contributed by atoms with E-state index in [4.69, 9.17) is 0 Å². The maximum absolute atomic E-state index is 11.8. The molecule has 0 aliphatic heterocycles. The number of aromatic nitrogens is 2. The Labute approximate surface area is 125 Å². The van der Waals surface area contributed by atoms with Crippen molar-refractivity contribution in [3.05, 3.63) is 48.3 Å². The second-order valence-corrected chi connectivity index (χ2v) is 6.06. The third-order valence-corrected chi connectivity index (χ3v) is 2.88. The Morgan fingerprint density at radius 3 is 2.62 bits per heavy atom. The molecule has 5 nitrogen and oxygen atoms in total. The van der Waals surface area contributed by atoms with Crippen LogP contribution in [-0.2, 0) is 11.3 Å². The minimum atomic E-state index is -0.0746. The average molecular weight is 286 g/mol. The van der Waals surface area contributed by atoms with Gasteiger partial charge < -0.3 is 10.6 Å². The van der Waals surface area contributed by atoms with Crippen molar-refractivity contribution in [3.8, 4) is 0 Å². The molecule has 2 N–H and O–H groups in total. The summed E-state index contributed by atoms with van der Waals surface area (Å²) < 4.78 is 1.81. The van der Waals surface area contributed by atoms with Crippen LogP contribution in [0.4, 0.5) is 5.69 Å². The predicted octanol–water partition coefficient (Wildman–Crippen LogP) is 2.26. The molecule has 1 aromatic carbocycles. The molecule has 0 aliphatic carbocycles. The maximum Gasteiger partial charge on any atom is 0.238 e. The topological polar surface area (TPSA) is 59.0 Å². The summed E-state index contributed by atoms with van der Waals surface area (Å²) in [7, 11) is 0. The van der Waals surface area contributed by atoms with Gasteiger partial charge in [0.25, 0.3) is 0 Å². The average Bonchev–Trinajstić information content (AvgIpc) is 2.84. The first kappa shape index (κ1) is 15.3. The fraction of sp³-hybridized carbons (Fsp3) is 0.375. The van der Waals surface area contributed by atoms with Crippen LogP contribution in [-0.4, -0.2) is 27.8 Å². The molecule has 0 aliphatic rings. The molecule has 0 saturated heterocycles. The van der Waals surface area contributed by atoms with Crippen molar-refractivity contribution >= 4 is 11.6 Å². The summed E-state index contributed by atoms with van der Waals surface area (Å²) in [5.74, 6) is -0.0656. The van der Waals surface area contributed by atoms with Crippen LogP contribution in [0.2, 0.25) is 0 Å². The van der Waals surface area contributed by atoms with E-state index in [9.17, 15) is 4.79 Å². The molecule has 2 aromatic rings. The van der Waals surface area contributed by atoms with Crippen molar-refractivity contribution in [3.63, 3.8) is 0 Å². The minimum absolute atomic E-state index is 0.0656. The lowest BCUT2D eigenvalue weighted by Crippen LogP contribution is -2.41. The normalized spacial score (nSPS) is 11.4. The first-order valence-corrected chi connectivity index (χ1v) is 7.04. The summed E-state index contributed by atoms with van der Waals surface area (Å²) in [5, 5.41) is 10.2. The van der Waals surface area contributed by atoms with Crippen LogP contribution < -0.4 is 10.6 Å². The Hall–Kier alpha value is -2.14. The molecule has 0 atom stereocenters. The highest BCUT2D eigenvalue weighted by molar-refractivity contribution is 5.92. The molecule has 5 heteroatoms. The van der Waals surface area contributed by atoms with Gasteiger partial charge in [-0.2, -0.15) is 5.10 Å². The Bertz CT molecular complexity index is 584. The zero-order valence-electron chi connectivity index (χ0n) is 12.8. The highest BCUT2D eigenvalue weighted by Crippen LogP contribution is 2.08. The van der Waals surface area contributed by atoms with E-state index in [1.807, 2.05) is 62.0 Å². The molecule has 0 unspecified atom stereocenters. The van der Waals surface area contributed by atoms with E-state index < -0.39 is 0 Å². The quantitative estimate of drug-likeness (QED) is 0.886. The van der Waals surface area contributed by atoms with Crippen LogP contribution >= 0.6 is 0 Å². The van der Waals surface area contributed by atoms with Crippen LogP contribution in [0.1, 0.15) is 26.3 Å². The fourth-order valence-corrected chi connectivity index (χ4v) is 1.84. The molecule has 2 rings (SSSR count). The van der Waals surface area contributed by atoms with Gasteiger partial charge in [-0.25, -0.2) is 0 Å². The number of hydrogen-bond donors (Lipinski definition) is 2. The summed E-state index contributed by atoms with van der Waals surface area (Å²) >= 11 is 0. The number of rotatable bonds is 5. The minimum Gasteiger partial charge on any atom is -0.322 e. The van der Waals surface area contributed by atoms with Gasteiger partial charge in [0, 0.05) is 11.7 Å². The zero-order valence-corrected chi connectivity index (χ0v) is 12.8. The van der Waals surface area contributed by atoms with Gasteiger partial charge >= 0.3 is 0 Å². The van der Waals surface area contributed by atoms with Gasteiger partial charge in [0.05, 0.1) is 25.0 Å². The number of hydrogen-bond acceptors (Lipinski definition) is 3. The van der Waals surface area contributed by atoms with Gasteiger partial charge in [0.15, 0.2) is 0 Å². The van der Waals surface area contributed by atoms with Crippen LogP contribution in [0.25, 0.3) is 0 Å². The lowest BCUT2D eigenvalue weighted by Gasteiger charge is -2.19. The summed E-state index contributed by atoms with van der Waals surface area (Å²) in [6.07, 6.45) is 3.50. The third kappa shape index (κ3) is 5.39. The summed E-state index contributed by atoms with van der Waals surface area (Å²) in [6.45, 7) is 7.05. The van der Waals surface area contributed by atoms with Crippen LogP contribution in [0, 0.1) is 0 Å². The zero-order chi connectivity index (χ0) is 15.3. The van der Waals surface area contributed by atoms with E-state index in [2.05, 4.69) is 15.7 Å².